The van der Waals surface area contributed by atoms with Crippen LogP contribution in [-0.2, 0) is 0 Å². The van der Waals surface area contributed by atoms with Crippen molar-refractivity contribution in [2.45, 2.75) is 17.7 Å². The molecular weight excluding hydrogens is 320 g/mol. The van der Waals surface area contributed by atoms with Crippen molar-refractivity contribution in [1.82, 2.24) is 4.98 Å². The topological polar surface area (TPSA) is 16.1 Å². The van der Waals surface area contributed by atoms with E-state index in [0.29, 0.717) is 0 Å². The van der Waals surface area contributed by atoms with E-state index >= 15 is 0 Å². The lowest BCUT2D eigenvalue weighted by Crippen LogP contribution is -2.34. The molecule has 0 unspecified atom stereocenters. The summed E-state index contributed by atoms with van der Waals surface area (Å²) < 4.78 is 1.03. The average Bonchev–Trinajstić information content (AvgIpc) is 2.16. The van der Waals surface area contributed by atoms with Gasteiger partial charge in [0.15, 0.2) is 0 Å². The van der Waals surface area contributed by atoms with E-state index in [0.717, 1.165) is 27.6 Å². The smallest absolute Gasteiger partial charge is 0.128 e. The number of pyridine rings is 1. The maximum Gasteiger partial charge on any atom is 0.128 e. The first kappa shape index (κ1) is 11.4. The fourth-order valence-corrected chi connectivity index (χ4v) is 3.17. The first-order valence-corrected chi connectivity index (χ1v) is 6.83. The summed E-state index contributed by atoms with van der Waals surface area (Å²) in [6.07, 6.45) is 4.43. The van der Waals surface area contributed by atoms with E-state index in [9.17, 15) is 0 Å². The normalized spacial score (nSPS) is 24.7. The second kappa shape index (κ2) is 4.83. The van der Waals surface area contributed by atoms with Gasteiger partial charge in [0.1, 0.15) is 5.82 Å². The van der Waals surface area contributed by atoms with Crippen molar-refractivity contribution in [3.8, 4) is 0 Å². The molecule has 0 bridgehead atoms. The summed E-state index contributed by atoms with van der Waals surface area (Å²) in [5.41, 5.74) is 0. The van der Waals surface area contributed by atoms with Crippen molar-refractivity contribution in [1.29, 1.82) is 0 Å². The molecule has 2 rings (SSSR count). The van der Waals surface area contributed by atoms with Gasteiger partial charge in [-0.15, -0.1) is 0 Å². The second-order valence-corrected chi connectivity index (χ2v) is 6.36. The Labute approximate surface area is 107 Å². The van der Waals surface area contributed by atoms with Gasteiger partial charge in [-0.25, -0.2) is 4.98 Å². The Kier molecular flexibility index (Phi) is 3.67. The molecule has 15 heavy (non-hydrogen) atoms. The lowest BCUT2D eigenvalue weighted by atomic mass is 9.85. The van der Waals surface area contributed by atoms with Crippen LogP contribution >= 0.6 is 31.9 Å². The van der Waals surface area contributed by atoms with Crippen LogP contribution in [0, 0.1) is 5.92 Å². The third-order valence-corrected chi connectivity index (χ3v) is 4.03. The van der Waals surface area contributed by atoms with Gasteiger partial charge in [-0.3, -0.25) is 0 Å². The summed E-state index contributed by atoms with van der Waals surface area (Å²) in [5, 5.41) is 0. The van der Waals surface area contributed by atoms with E-state index in [4.69, 9.17) is 0 Å². The van der Waals surface area contributed by atoms with Crippen molar-refractivity contribution < 1.29 is 0 Å². The Morgan fingerprint density at radius 3 is 2.73 bits per heavy atom. The predicted octanol–water partition coefficient (Wildman–Crippen LogP) is 3.45. The zero-order chi connectivity index (χ0) is 10.8. The first-order chi connectivity index (χ1) is 7.15. The maximum absolute atomic E-state index is 4.38. The van der Waals surface area contributed by atoms with Gasteiger partial charge in [0.05, 0.1) is 0 Å². The monoisotopic (exact) mass is 332 g/mol. The molecule has 0 aromatic carbocycles. The Hall–Kier alpha value is -0.0900. The first-order valence-electron chi connectivity index (χ1n) is 5.12. The van der Waals surface area contributed by atoms with E-state index in [1.165, 1.54) is 12.8 Å². The molecule has 1 aliphatic rings. The van der Waals surface area contributed by atoms with Gasteiger partial charge in [-0.1, -0.05) is 15.9 Å². The summed E-state index contributed by atoms with van der Waals surface area (Å²) in [6, 6.07) is 4.08. The fraction of sp³-hybridized carbons (Fsp3) is 0.545. The Balaban J connectivity index is 1.90. The lowest BCUT2D eigenvalue weighted by Gasteiger charge is -2.34. The number of rotatable bonds is 3. The molecule has 1 aliphatic carbocycles. The third kappa shape index (κ3) is 2.94. The van der Waals surface area contributed by atoms with E-state index in [1.807, 2.05) is 18.3 Å². The number of halogens is 2. The molecule has 0 N–H and O–H groups in total. The summed E-state index contributed by atoms with van der Waals surface area (Å²) >= 11 is 7.01. The molecule has 1 heterocycles. The van der Waals surface area contributed by atoms with Crippen molar-refractivity contribution in [3.63, 3.8) is 0 Å². The SMILES string of the molecule is CN(CC1CC(Br)C1)c1ccc(Br)cn1. The highest BCUT2D eigenvalue weighted by molar-refractivity contribution is 9.10. The molecule has 1 aromatic heterocycles. The van der Waals surface area contributed by atoms with Gasteiger partial charge in [0.2, 0.25) is 0 Å². The maximum atomic E-state index is 4.38. The van der Waals surface area contributed by atoms with Crippen LogP contribution in [0.2, 0.25) is 0 Å². The van der Waals surface area contributed by atoms with Gasteiger partial charge in [0, 0.05) is 29.1 Å². The molecule has 1 fully saturated rings. The minimum Gasteiger partial charge on any atom is -0.359 e. The van der Waals surface area contributed by atoms with Crippen LogP contribution in [0.15, 0.2) is 22.8 Å². The zero-order valence-electron chi connectivity index (χ0n) is 8.66. The van der Waals surface area contributed by atoms with Gasteiger partial charge in [-0.05, 0) is 46.8 Å². The number of alkyl halides is 1. The lowest BCUT2D eigenvalue weighted by molar-refractivity contribution is 0.338. The largest absolute Gasteiger partial charge is 0.359 e. The number of aromatic nitrogens is 1. The predicted molar refractivity (Wildman–Crippen MR) is 70.6 cm³/mol. The molecule has 0 aliphatic heterocycles. The van der Waals surface area contributed by atoms with Crippen molar-refractivity contribution in [2.75, 3.05) is 18.5 Å². The van der Waals surface area contributed by atoms with E-state index in [2.05, 4.69) is 48.8 Å². The molecule has 0 radical (unpaired) electrons. The second-order valence-electron chi connectivity index (χ2n) is 4.15. The summed E-state index contributed by atoms with van der Waals surface area (Å²) in [5.74, 6) is 1.88. The molecule has 0 atom stereocenters. The van der Waals surface area contributed by atoms with Gasteiger partial charge >= 0.3 is 0 Å². The molecule has 0 spiro atoms. The standard InChI is InChI=1S/C11H14Br2N2/c1-15(7-8-4-10(13)5-8)11-3-2-9(12)6-14-11/h2-3,6,8,10H,4-5,7H2,1H3. The van der Waals surface area contributed by atoms with E-state index < -0.39 is 0 Å². The van der Waals surface area contributed by atoms with E-state index in [1.54, 1.807) is 0 Å². The number of hydrogen-bond donors (Lipinski definition) is 0. The highest BCUT2D eigenvalue weighted by atomic mass is 79.9. The highest BCUT2D eigenvalue weighted by Crippen LogP contribution is 2.34. The van der Waals surface area contributed by atoms with Crippen LogP contribution in [0.4, 0.5) is 5.82 Å². The number of anilines is 1. The molecule has 0 saturated heterocycles. The van der Waals surface area contributed by atoms with Crippen molar-refractivity contribution >= 4 is 37.7 Å². The molecular formula is C11H14Br2N2. The van der Waals surface area contributed by atoms with Crippen molar-refractivity contribution in [2.24, 2.45) is 5.92 Å². The Morgan fingerprint density at radius 2 is 2.20 bits per heavy atom. The number of nitrogens with zero attached hydrogens (tertiary/aromatic N) is 2. The minimum atomic E-state index is 0.744. The Morgan fingerprint density at radius 1 is 1.47 bits per heavy atom. The quantitative estimate of drug-likeness (QED) is 0.787. The van der Waals surface area contributed by atoms with E-state index in [-0.39, 0.29) is 0 Å². The zero-order valence-corrected chi connectivity index (χ0v) is 11.8. The fourth-order valence-electron chi connectivity index (χ4n) is 1.88. The molecule has 0 amide bonds. The minimum absolute atomic E-state index is 0.744. The number of hydrogen-bond acceptors (Lipinski definition) is 2. The van der Waals surface area contributed by atoms with Gasteiger partial charge in [-0.2, -0.15) is 0 Å². The summed E-state index contributed by atoms with van der Waals surface area (Å²) in [7, 11) is 2.11. The molecule has 2 nitrogen and oxygen atoms in total. The third-order valence-electron chi connectivity index (χ3n) is 2.81. The molecule has 1 saturated carbocycles. The van der Waals surface area contributed by atoms with Crippen LogP contribution in [0.1, 0.15) is 12.8 Å². The molecule has 4 heteroatoms. The molecule has 1 aromatic rings. The summed E-state index contributed by atoms with van der Waals surface area (Å²) in [6.45, 7) is 1.11. The van der Waals surface area contributed by atoms with Crippen LogP contribution in [0.25, 0.3) is 0 Å². The Bertz CT molecular complexity index is 320. The van der Waals surface area contributed by atoms with Crippen LogP contribution in [0.5, 0.6) is 0 Å². The average molecular weight is 334 g/mol. The van der Waals surface area contributed by atoms with Gasteiger partial charge < -0.3 is 4.90 Å². The van der Waals surface area contributed by atoms with Gasteiger partial charge in [0.25, 0.3) is 0 Å². The van der Waals surface area contributed by atoms with Crippen molar-refractivity contribution in [3.05, 3.63) is 22.8 Å². The van der Waals surface area contributed by atoms with Crippen LogP contribution in [-0.4, -0.2) is 23.4 Å². The summed E-state index contributed by atoms with van der Waals surface area (Å²) in [4.78, 5) is 7.35. The van der Waals surface area contributed by atoms with Crippen LogP contribution in [0.3, 0.4) is 0 Å². The van der Waals surface area contributed by atoms with Crippen LogP contribution < -0.4 is 4.90 Å². The highest BCUT2D eigenvalue weighted by Gasteiger charge is 2.27. The molecule has 82 valence electrons.